The van der Waals surface area contributed by atoms with E-state index in [1.807, 2.05) is 6.92 Å². The second-order valence-corrected chi connectivity index (χ2v) is 3.99. The predicted molar refractivity (Wildman–Crippen MR) is 58.7 cm³/mol. The number of halogens is 1. The number of carboxylic acid groups (broad SMARTS) is 1. The minimum Gasteiger partial charge on any atom is -0.478 e. The number of rotatable bonds is 2. The molecule has 0 amide bonds. The van der Waals surface area contributed by atoms with E-state index in [2.05, 4.69) is 22.6 Å². The Kier molecular flexibility index (Phi) is 3.27. The van der Waals surface area contributed by atoms with Crippen LogP contribution < -0.4 is 5.73 Å². The van der Waals surface area contributed by atoms with E-state index in [4.69, 9.17) is 10.8 Å². The second-order valence-electron chi connectivity index (χ2n) is 2.83. The van der Waals surface area contributed by atoms with Crippen LogP contribution in [0.5, 0.6) is 0 Å². The Labute approximate surface area is 90.1 Å². The zero-order valence-corrected chi connectivity index (χ0v) is 9.28. The summed E-state index contributed by atoms with van der Waals surface area (Å²) in [4.78, 5) is 10.6. The molecule has 1 rings (SSSR count). The lowest BCUT2D eigenvalue weighted by Crippen LogP contribution is -2.08. The zero-order valence-electron chi connectivity index (χ0n) is 7.12. The Morgan fingerprint density at radius 2 is 2.23 bits per heavy atom. The lowest BCUT2D eigenvalue weighted by Gasteiger charge is -2.08. The molecule has 3 N–H and O–H groups in total. The SMILES string of the molecule is C[C@@H](N)c1cc(C(=O)O)ccc1I. The summed E-state index contributed by atoms with van der Waals surface area (Å²) in [5.41, 5.74) is 6.85. The standard InChI is InChI=1S/C9H10INO2/c1-5(11)7-4-6(9(12)13)2-3-8(7)10/h2-5H,11H2,1H3,(H,12,13)/t5-/m1/s1. The van der Waals surface area contributed by atoms with Crippen LogP contribution in [0.25, 0.3) is 0 Å². The van der Waals surface area contributed by atoms with Gasteiger partial charge < -0.3 is 10.8 Å². The van der Waals surface area contributed by atoms with Crippen molar-refractivity contribution in [3.63, 3.8) is 0 Å². The number of carboxylic acids is 1. The molecule has 0 aliphatic carbocycles. The first-order valence-corrected chi connectivity index (χ1v) is 4.88. The Morgan fingerprint density at radius 3 is 2.69 bits per heavy atom. The van der Waals surface area contributed by atoms with Crippen LogP contribution in [0.4, 0.5) is 0 Å². The van der Waals surface area contributed by atoms with Gasteiger partial charge in [0.25, 0.3) is 0 Å². The summed E-state index contributed by atoms with van der Waals surface area (Å²) in [6.07, 6.45) is 0. The van der Waals surface area contributed by atoms with Gasteiger partial charge in [0, 0.05) is 9.61 Å². The lowest BCUT2D eigenvalue weighted by atomic mass is 10.1. The van der Waals surface area contributed by atoms with Crippen molar-refractivity contribution in [1.29, 1.82) is 0 Å². The molecule has 0 saturated heterocycles. The van der Waals surface area contributed by atoms with Gasteiger partial charge in [0.15, 0.2) is 0 Å². The summed E-state index contributed by atoms with van der Waals surface area (Å²) in [5, 5.41) is 8.74. The molecule has 1 atom stereocenters. The lowest BCUT2D eigenvalue weighted by molar-refractivity contribution is 0.0696. The fourth-order valence-electron chi connectivity index (χ4n) is 1.03. The Morgan fingerprint density at radius 1 is 1.62 bits per heavy atom. The first-order valence-electron chi connectivity index (χ1n) is 3.80. The number of hydrogen-bond acceptors (Lipinski definition) is 2. The first kappa shape index (κ1) is 10.5. The highest BCUT2D eigenvalue weighted by molar-refractivity contribution is 14.1. The number of hydrogen-bond donors (Lipinski definition) is 2. The monoisotopic (exact) mass is 291 g/mol. The van der Waals surface area contributed by atoms with Gasteiger partial charge in [-0.1, -0.05) is 0 Å². The largest absolute Gasteiger partial charge is 0.478 e. The third-order valence-electron chi connectivity index (χ3n) is 1.73. The number of benzene rings is 1. The molecule has 0 spiro atoms. The van der Waals surface area contributed by atoms with Crippen LogP contribution >= 0.6 is 22.6 Å². The van der Waals surface area contributed by atoms with Crippen LogP contribution in [0.3, 0.4) is 0 Å². The van der Waals surface area contributed by atoms with Gasteiger partial charge in [-0.2, -0.15) is 0 Å². The summed E-state index contributed by atoms with van der Waals surface area (Å²) in [6, 6.07) is 4.83. The molecule has 0 radical (unpaired) electrons. The van der Waals surface area contributed by atoms with E-state index in [1.54, 1.807) is 18.2 Å². The molecule has 1 aromatic carbocycles. The minimum absolute atomic E-state index is 0.133. The molecule has 1 aromatic rings. The highest BCUT2D eigenvalue weighted by Gasteiger charge is 2.09. The molecular weight excluding hydrogens is 281 g/mol. The maximum absolute atomic E-state index is 10.6. The van der Waals surface area contributed by atoms with Gasteiger partial charge in [-0.3, -0.25) is 0 Å². The van der Waals surface area contributed by atoms with Crippen molar-refractivity contribution in [1.82, 2.24) is 0 Å². The maximum atomic E-state index is 10.6. The topological polar surface area (TPSA) is 63.3 Å². The molecular formula is C9H10INO2. The van der Waals surface area contributed by atoms with Crippen LogP contribution in [-0.2, 0) is 0 Å². The molecule has 0 bridgehead atoms. The number of carbonyl (C=O) groups is 1. The van der Waals surface area contributed by atoms with Crippen LogP contribution in [-0.4, -0.2) is 11.1 Å². The predicted octanol–water partition coefficient (Wildman–Crippen LogP) is 2.01. The molecule has 70 valence electrons. The van der Waals surface area contributed by atoms with E-state index in [0.29, 0.717) is 0 Å². The Bertz CT molecular complexity index is 336. The molecule has 0 unspecified atom stereocenters. The summed E-state index contributed by atoms with van der Waals surface area (Å²) in [6.45, 7) is 1.84. The minimum atomic E-state index is -0.918. The van der Waals surface area contributed by atoms with Gasteiger partial charge in [0.05, 0.1) is 5.56 Å². The van der Waals surface area contributed by atoms with E-state index < -0.39 is 5.97 Å². The molecule has 0 saturated carbocycles. The quantitative estimate of drug-likeness (QED) is 0.819. The third-order valence-corrected chi connectivity index (χ3v) is 2.72. The van der Waals surface area contributed by atoms with Gasteiger partial charge in [-0.15, -0.1) is 0 Å². The van der Waals surface area contributed by atoms with Gasteiger partial charge in [0.2, 0.25) is 0 Å². The van der Waals surface area contributed by atoms with E-state index in [0.717, 1.165) is 9.13 Å². The molecule has 0 aliphatic rings. The van der Waals surface area contributed by atoms with E-state index >= 15 is 0 Å². The zero-order chi connectivity index (χ0) is 10.0. The van der Waals surface area contributed by atoms with Crippen molar-refractivity contribution in [2.45, 2.75) is 13.0 Å². The van der Waals surface area contributed by atoms with Gasteiger partial charge in [-0.25, -0.2) is 4.79 Å². The summed E-state index contributed by atoms with van der Waals surface area (Å²) < 4.78 is 0.998. The highest BCUT2D eigenvalue weighted by Crippen LogP contribution is 2.19. The van der Waals surface area contributed by atoms with Crippen molar-refractivity contribution in [2.24, 2.45) is 5.73 Å². The number of aromatic carboxylic acids is 1. The van der Waals surface area contributed by atoms with Crippen LogP contribution in [0.1, 0.15) is 28.9 Å². The van der Waals surface area contributed by atoms with Crippen molar-refractivity contribution < 1.29 is 9.90 Å². The second kappa shape index (κ2) is 4.06. The highest BCUT2D eigenvalue weighted by atomic mass is 127. The van der Waals surface area contributed by atoms with E-state index in [1.165, 1.54) is 0 Å². The summed E-state index contributed by atoms with van der Waals surface area (Å²) in [5.74, 6) is -0.918. The van der Waals surface area contributed by atoms with Crippen LogP contribution in [0.15, 0.2) is 18.2 Å². The van der Waals surface area contributed by atoms with Crippen LogP contribution in [0.2, 0.25) is 0 Å². The molecule has 0 fully saturated rings. The summed E-state index contributed by atoms with van der Waals surface area (Å²) in [7, 11) is 0. The normalized spacial score (nSPS) is 12.5. The molecule has 0 aromatic heterocycles. The Hall–Kier alpha value is -0.620. The smallest absolute Gasteiger partial charge is 0.335 e. The molecule has 4 heteroatoms. The van der Waals surface area contributed by atoms with Crippen molar-refractivity contribution >= 4 is 28.6 Å². The fourth-order valence-corrected chi connectivity index (χ4v) is 1.85. The average molecular weight is 291 g/mol. The van der Waals surface area contributed by atoms with Crippen molar-refractivity contribution in [2.75, 3.05) is 0 Å². The van der Waals surface area contributed by atoms with Gasteiger partial charge >= 0.3 is 5.97 Å². The number of nitrogens with two attached hydrogens (primary N) is 1. The Balaban J connectivity index is 3.19. The van der Waals surface area contributed by atoms with Gasteiger partial charge in [-0.05, 0) is 53.3 Å². The average Bonchev–Trinajstić information content (AvgIpc) is 2.04. The van der Waals surface area contributed by atoms with Crippen molar-refractivity contribution in [3.8, 4) is 0 Å². The maximum Gasteiger partial charge on any atom is 0.335 e. The van der Waals surface area contributed by atoms with Gasteiger partial charge in [0.1, 0.15) is 0 Å². The van der Waals surface area contributed by atoms with E-state index in [-0.39, 0.29) is 11.6 Å². The molecule has 3 nitrogen and oxygen atoms in total. The first-order chi connectivity index (χ1) is 6.02. The van der Waals surface area contributed by atoms with E-state index in [9.17, 15) is 4.79 Å². The molecule has 13 heavy (non-hydrogen) atoms. The third kappa shape index (κ3) is 2.41. The van der Waals surface area contributed by atoms with Crippen molar-refractivity contribution in [3.05, 3.63) is 32.9 Å². The molecule has 0 aliphatic heterocycles. The van der Waals surface area contributed by atoms with Crippen LogP contribution in [0, 0.1) is 3.57 Å². The molecule has 0 heterocycles. The fraction of sp³-hybridized carbons (Fsp3) is 0.222. The summed E-state index contributed by atoms with van der Waals surface area (Å²) >= 11 is 2.14.